The summed E-state index contributed by atoms with van der Waals surface area (Å²) in [6.07, 6.45) is 1.26. The molecule has 1 aromatic carbocycles. The number of benzene rings is 1. The molecule has 0 unspecified atom stereocenters. The van der Waals surface area contributed by atoms with E-state index in [1.54, 1.807) is 0 Å². The van der Waals surface area contributed by atoms with Gasteiger partial charge >= 0.3 is 5.97 Å². The van der Waals surface area contributed by atoms with E-state index in [0.29, 0.717) is 6.07 Å². The molecule has 1 heterocycles. The van der Waals surface area contributed by atoms with Crippen molar-refractivity contribution >= 4 is 11.8 Å². The molecule has 0 saturated carbocycles. The van der Waals surface area contributed by atoms with E-state index in [0.717, 1.165) is 12.1 Å². The molecule has 0 bridgehead atoms. The van der Waals surface area contributed by atoms with Crippen LogP contribution in [0.15, 0.2) is 30.5 Å². The third-order valence-electron chi connectivity index (χ3n) is 2.42. The molecule has 0 radical (unpaired) electrons. The van der Waals surface area contributed by atoms with Crippen molar-refractivity contribution < 1.29 is 18.7 Å². The van der Waals surface area contributed by atoms with Crippen LogP contribution in [0.25, 0.3) is 11.1 Å². The molecule has 92 valence electrons. The average molecular weight is 250 g/mol. The molecule has 0 atom stereocenters. The highest BCUT2D eigenvalue weighted by molar-refractivity contribution is 6.00. The van der Waals surface area contributed by atoms with Crippen LogP contribution in [0, 0.1) is 11.6 Å². The van der Waals surface area contributed by atoms with Gasteiger partial charge in [-0.25, -0.2) is 18.6 Å². The van der Waals surface area contributed by atoms with Crippen LogP contribution < -0.4 is 5.73 Å². The Labute approximate surface area is 101 Å². The Morgan fingerprint density at radius 1 is 1.22 bits per heavy atom. The molecular weight excluding hydrogens is 242 g/mol. The van der Waals surface area contributed by atoms with E-state index in [4.69, 9.17) is 10.8 Å². The summed E-state index contributed by atoms with van der Waals surface area (Å²) >= 11 is 0. The first-order chi connectivity index (χ1) is 8.50. The van der Waals surface area contributed by atoms with Gasteiger partial charge < -0.3 is 10.8 Å². The van der Waals surface area contributed by atoms with Gasteiger partial charge in [0.15, 0.2) is 0 Å². The first kappa shape index (κ1) is 12.0. The fraction of sp³-hybridized carbons (Fsp3) is 0. The van der Waals surface area contributed by atoms with Gasteiger partial charge in [0.25, 0.3) is 0 Å². The van der Waals surface area contributed by atoms with Crippen molar-refractivity contribution in [2.24, 2.45) is 0 Å². The lowest BCUT2D eigenvalue weighted by Crippen LogP contribution is -2.07. The van der Waals surface area contributed by atoms with Gasteiger partial charge in [0.05, 0.1) is 0 Å². The Bertz CT molecular complexity index is 629. The number of aromatic carboxylic acids is 1. The fourth-order valence-electron chi connectivity index (χ4n) is 1.64. The maximum Gasteiger partial charge on any atom is 0.340 e. The van der Waals surface area contributed by atoms with Crippen molar-refractivity contribution in [2.45, 2.75) is 0 Å². The molecule has 3 N–H and O–H groups in total. The predicted octanol–water partition coefficient (Wildman–Crippen LogP) is 2.31. The van der Waals surface area contributed by atoms with Gasteiger partial charge in [-0.15, -0.1) is 0 Å². The minimum absolute atomic E-state index is 0.0390. The largest absolute Gasteiger partial charge is 0.478 e. The third kappa shape index (κ3) is 2.00. The van der Waals surface area contributed by atoms with Crippen molar-refractivity contribution in [3.63, 3.8) is 0 Å². The fourth-order valence-corrected chi connectivity index (χ4v) is 1.64. The van der Waals surface area contributed by atoms with E-state index in [1.807, 2.05) is 0 Å². The second kappa shape index (κ2) is 4.40. The normalized spacial score (nSPS) is 10.3. The van der Waals surface area contributed by atoms with E-state index < -0.39 is 17.6 Å². The summed E-state index contributed by atoms with van der Waals surface area (Å²) in [5.41, 5.74) is 5.17. The number of carboxylic acid groups (broad SMARTS) is 1. The molecule has 0 fully saturated rings. The maximum absolute atomic E-state index is 13.6. The number of hydrogen-bond donors (Lipinski definition) is 2. The highest BCUT2D eigenvalue weighted by Crippen LogP contribution is 2.29. The van der Waals surface area contributed by atoms with Crippen LogP contribution in [-0.4, -0.2) is 16.1 Å². The van der Waals surface area contributed by atoms with Crippen LogP contribution in [0.2, 0.25) is 0 Å². The molecule has 1 aromatic heterocycles. The molecule has 0 saturated heterocycles. The molecule has 0 amide bonds. The highest BCUT2D eigenvalue weighted by Gasteiger charge is 2.18. The Balaban J connectivity index is 2.71. The SMILES string of the molecule is Nc1nccc(-c2ccc(F)cc2F)c1C(=O)O. The van der Waals surface area contributed by atoms with Gasteiger partial charge in [0.1, 0.15) is 23.0 Å². The standard InChI is InChI=1S/C12H8F2N2O2/c13-6-1-2-7(9(14)5-6)8-3-4-16-11(15)10(8)12(17)18/h1-5H,(H2,15,16)(H,17,18). The van der Waals surface area contributed by atoms with Gasteiger partial charge in [-0.1, -0.05) is 0 Å². The number of nitrogens with two attached hydrogens (primary N) is 1. The van der Waals surface area contributed by atoms with E-state index in [2.05, 4.69) is 4.98 Å². The van der Waals surface area contributed by atoms with Crippen molar-refractivity contribution in [3.05, 3.63) is 47.7 Å². The minimum atomic E-state index is -1.32. The average Bonchev–Trinajstić information content (AvgIpc) is 2.28. The Kier molecular flexibility index (Phi) is 2.93. The number of nitrogens with zero attached hydrogens (tertiary/aromatic N) is 1. The lowest BCUT2D eigenvalue weighted by atomic mass is 10.0. The zero-order valence-corrected chi connectivity index (χ0v) is 9.02. The number of anilines is 1. The van der Waals surface area contributed by atoms with Gasteiger partial charge in [-0.05, 0) is 18.2 Å². The highest BCUT2D eigenvalue weighted by atomic mass is 19.1. The maximum atomic E-state index is 13.6. The van der Waals surface area contributed by atoms with E-state index in [9.17, 15) is 13.6 Å². The zero-order chi connectivity index (χ0) is 13.3. The Morgan fingerprint density at radius 3 is 2.56 bits per heavy atom. The smallest absolute Gasteiger partial charge is 0.340 e. The van der Waals surface area contributed by atoms with Gasteiger partial charge in [0, 0.05) is 23.4 Å². The second-order valence-corrected chi connectivity index (χ2v) is 3.55. The summed E-state index contributed by atoms with van der Waals surface area (Å²) in [5, 5.41) is 9.04. The molecule has 2 rings (SSSR count). The molecule has 0 aliphatic carbocycles. The van der Waals surface area contributed by atoms with E-state index in [-0.39, 0.29) is 22.5 Å². The second-order valence-electron chi connectivity index (χ2n) is 3.55. The van der Waals surface area contributed by atoms with Crippen molar-refractivity contribution in [1.82, 2.24) is 4.98 Å². The molecule has 0 aliphatic rings. The van der Waals surface area contributed by atoms with Crippen molar-refractivity contribution in [1.29, 1.82) is 0 Å². The first-order valence-corrected chi connectivity index (χ1v) is 4.94. The molecule has 6 heteroatoms. The minimum Gasteiger partial charge on any atom is -0.478 e. The molecular formula is C12H8F2N2O2. The molecule has 0 spiro atoms. The molecule has 2 aromatic rings. The quantitative estimate of drug-likeness (QED) is 0.857. The lowest BCUT2D eigenvalue weighted by Gasteiger charge is -2.08. The van der Waals surface area contributed by atoms with E-state index >= 15 is 0 Å². The van der Waals surface area contributed by atoms with Gasteiger partial charge in [0.2, 0.25) is 0 Å². The number of halogens is 2. The summed E-state index contributed by atoms with van der Waals surface area (Å²) in [6.45, 7) is 0. The van der Waals surface area contributed by atoms with Gasteiger partial charge in [-0.3, -0.25) is 0 Å². The first-order valence-electron chi connectivity index (χ1n) is 4.94. The van der Waals surface area contributed by atoms with Crippen LogP contribution in [0.3, 0.4) is 0 Å². The third-order valence-corrected chi connectivity index (χ3v) is 2.42. The van der Waals surface area contributed by atoms with Crippen molar-refractivity contribution in [2.75, 3.05) is 5.73 Å². The number of nitrogen functional groups attached to an aromatic ring is 1. The number of hydrogen-bond acceptors (Lipinski definition) is 3. The lowest BCUT2D eigenvalue weighted by molar-refractivity contribution is 0.0698. The van der Waals surface area contributed by atoms with Crippen LogP contribution >= 0.6 is 0 Å². The summed E-state index contributed by atoms with van der Waals surface area (Å²) in [4.78, 5) is 14.7. The van der Waals surface area contributed by atoms with Crippen LogP contribution in [-0.2, 0) is 0 Å². The predicted molar refractivity (Wildman–Crippen MR) is 61.0 cm³/mol. The van der Waals surface area contributed by atoms with Crippen LogP contribution in [0.1, 0.15) is 10.4 Å². The molecule has 4 nitrogen and oxygen atoms in total. The number of aromatic nitrogens is 1. The van der Waals surface area contributed by atoms with Crippen LogP contribution in [0.5, 0.6) is 0 Å². The summed E-state index contributed by atoms with van der Waals surface area (Å²) in [5.74, 6) is -3.14. The Morgan fingerprint density at radius 2 is 1.94 bits per heavy atom. The monoisotopic (exact) mass is 250 g/mol. The van der Waals surface area contributed by atoms with Gasteiger partial charge in [-0.2, -0.15) is 0 Å². The Hall–Kier alpha value is -2.50. The van der Waals surface area contributed by atoms with E-state index in [1.165, 1.54) is 12.3 Å². The number of carbonyl (C=O) groups is 1. The number of pyridine rings is 1. The summed E-state index contributed by atoms with van der Waals surface area (Å²) < 4.78 is 26.4. The number of carboxylic acids is 1. The topological polar surface area (TPSA) is 76.2 Å². The molecule has 18 heavy (non-hydrogen) atoms. The summed E-state index contributed by atoms with van der Waals surface area (Å²) in [6, 6.07) is 4.19. The number of rotatable bonds is 2. The molecule has 0 aliphatic heterocycles. The van der Waals surface area contributed by atoms with Crippen molar-refractivity contribution in [3.8, 4) is 11.1 Å². The zero-order valence-electron chi connectivity index (χ0n) is 9.02. The van der Waals surface area contributed by atoms with Crippen LogP contribution in [0.4, 0.5) is 14.6 Å². The summed E-state index contributed by atoms with van der Waals surface area (Å²) in [7, 11) is 0.